The van der Waals surface area contributed by atoms with Gasteiger partial charge in [0.2, 0.25) is 0 Å². The molecule has 0 atom stereocenters. The number of carbonyl (C=O) groups is 1. The van der Waals surface area contributed by atoms with Gasteiger partial charge in [-0.3, -0.25) is 9.69 Å². The second kappa shape index (κ2) is 9.60. The third-order valence-electron chi connectivity index (χ3n) is 4.30. The number of amides is 1. The first-order valence-electron chi connectivity index (χ1n) is 9.34. The van der Waals surface area contributed by atoms with E-state index in [1.54, 1.807) is 32.4 Å². The summed E-state index contributed by atoms with van der Waals surface area (Å²) in [5.41, 5.74) is 1.42. The third-order valence-corrected chi connectivity index (χ3v) is 5.36. The van der Waals surface area contributed by atoms with Gasteiger partial charge in [-0.05, 0) is 66.2 Å². The highest BCUT2D eigenvalue weighted by molar-refractivity contribution is 8.18. The summed E-state index contributed by atoms with van der Waals surface area (Å²) in [5, 5.41) is 0.541. The molecule has 5 nitrogen and oxygen atoms in total. The summed E-state index contributed by atoms with van der Waals surface area (Å²) in [6.07, 6.45) is 3.83. The molecule has 0 saturated carbocycles. The molecule has 0 aromatic heterocycles. The van der Waals surface area contributed by atoms with Crippen LogP contribution in [-0.2, 0) is 4.79 Å². The fourth-order valence-electron chi connectivity index (χ4n) is 2.65. The number of likely N-dealkylation sites (N-methyl/N-ethyl adjacent to an activating group) is 1. The van der Waals surface area contributed by atoms with Gasteiger partial charge in [-0.25, -0.2) is 9.38 Å². The Balaban J connectivity index is 1.81. The zero-order valence-corrected chi connectivity index (χ0v) is 17.5. The van der Waals surface area contributed by atoms with Crippen molar-refractivity contribution in [2.24, 2.45) is 4.99 Å². The Kier molecular flexibility index (Phi) is 6.93. The van der Waals surface area contributed by atoms with Crippen molar-refractivity contribution < 1.29 is 18.7 Å². The molecule has 1 aliphatic heterocycles. The van der Waals surface area contributed by atoms with E-state index in [0.29, 0.717) is 33.9 Å². The Morgan fingerprint density at radius 1 is 1.17 bits per heavy atom. The Labute approximate surface area is 174 Å². The van der Waals surface area contributed by atoms with E-state index in [1.165, 1.54) is 28.8 Å². The Bertz CT molecular complexity index is 942. The van der Waals surface area contributed by atoms with Gasteiger partial charge in [0.1, 0.15) is 5.82 Å². The number of methoxy groups -OCH3 is 1. The Morgan fingerprint density at radius 2 is 1.93 bits per heavy atom. The van der Waals surface area contributed by atoms with Gasteiger partial charge in [-0.2, -0.15) is 0 Å². The third kappa shape index (κ3) is 5.17. The summed E-state index contributed by atoms with van der Waals surface area (Å²) in [6, 6.07) is 11.4. The molecular formula is C22H23FN2O3S. The smallest absolute Gasteiger partial charge is 0.266 e. The Hall–Kier alpha value is -2.80. The molecule has 152 valence electrons. The number of nitrogens with zero attached hydrogens (tertiary/aromatic N) is 2. The molecule has 1 heterocycles. The zero-order chi connectivity index (χ0) is 20.8. The average Bonchev–Trinajstić information content (AvgIpc) is 2.98. The van der Waals surface area contributed by atoms with Gasteiger partial charge < -0.3 is 9.47 Å². The summed E-state index contributed by atoms with van der Waals surface area (Å²) in [4.78, 5) is 19.1. The summed E-state index contributed by atoms with van der Waals surface area (Å²) >= 11 is 1.28. The van der Waals surface area contributed by atoms with Gasteiger partial charge in [0.05, 0.1) is 24.3 Å². The molecular weight excluding hydrogens is 391 g/mol. The fourth-order valence-corrected chi connectivity index (χ4v) is 3.64. The van der Waals surface area contributed by atoms with Crippen LogP contribution in [0, 0.1) is 5.82 Å². The lowest BCUT2D eigenvalue weighted by Crippen LogP contribution is -2.23. The van der Waals surface area contributed by atoms with Crippen LogP contribution >= 0.6 is 11.8 Å². The first-order valence-corrected chi connectivity index (χ1v) is 10.2. The van der Waals surface area contributed by atoms with Crippen molar-refractivity contribution in [2.45, 2.75) is 19.8 Å². The van der Waals surface area contributed by atoms with Gasteiger partial charge >= 0.3 is 0 Å². The number of hydrogen-bond acceptors (Lipinski definition) is 5. The minimum atomic E-state index is -0.325. The van der Waals surface area contributed by atoms with Crippen LogP contribution in [0.15, 0.2) is 52.4 Å². The number of halogens is 1. The number of ether oxygens (including phenoxy) is 2. The van der Waals surface area contributed by atoms with Crippen LogP contribution < -0.4 is 9.47 Å². The summed E-state index contributed by atoms with van der Waals surface area (Å²) < 4.78 is 24.3. The van der Waals surface area contributed by atoms with Gasteiger partial charge in [0, 0.05) is 7.05 Å². The van der Waals surface area contributed by atoms with Crippen molar-refractivity contribution >= 4 is 34.6 Å². The number of hydrogen-bond donors (Lipinski definition) is 0. The molecule has 1 aliphatic rings. The minimum Gasteiger partial charge on any atom is -0.493 e. The van der Waals surface area contributed by atoms with E-state index in [1.807, 2.05) is 18.2 Å². The van der Waals surface area contributed by atoms with Crippen molar-refractivity contribution in [1.82, 2.24) is 4.90 Å². The predicted octanol–water partition coefficient (Wildman–Crippen LogP) is 5.25. The van der Waals surface area contributed by atoms with E-state index in [0.717, 1.165) is 18.4 Å². The van der Waals surface area contributed by atoms with Crippen LogP contribution in [0.5, 0.6) is 11.5 Å². The molecule has 0 spiro atoms. The maximum absolute atomic E-state index is 13.1. The van der Waals surface area contributed by atoms with E-state index in [9.17, 15) is 9.18 Å². The summed E-state index contributed by atoms with van der Waals surface area (Å²) in [7, 11) is 3.26. The van der Waals surface area contributed by atoms with Gasteiger partial charge in [-0.1, -0.05) is 19.4 Å². The summed E-state index contributed by atoms with van der Waals surface area (Å²) in [6.45, 7) is 2.74. The standard InChI is InChI=1S/C22H23FN2O3S/c1-4-5-12-28-18-11-6-15(13-19(18)27-3)14-20-21(26)25(2)22(29-20)24-17-9-7-16(23)8-10-17/h6-11,13-14H,4-5,12H2,1-3H3/b20-14+,24-22?. The van der Waals surface area contributed by atoms with E-state index < -0.39 is 0 Å². The quantitative estimate of drug-likeness (QED) is 0.459. The molecule has 0 unspecified atom stereocenters. The number of rotatable bonds is 7. The molecule has 0 N–H and O–H groups in total. The monoisotopic (exact) mass is 414 g/mol. The van der Waals surface area contributed by atoms with Crippen molar-refractivity contribution in [3.8, 4) is 11.5 Å². The van der Waals surface area contributed by atoms with Crippen LogP contribution in [0.4, 0.5) is 10.1 Å². The second-order valence-electron chi connectivity index (χ2n) is 6.46. The lowest BCUT2D eigenvalue weighted by molar-refractivity contribution is -0.121. The Morgan fingerprint density at radius 3 is 2.62 bits per heavy atom. The average molecular weight is 415 g/mol. The number of carbonyl (C=O) groups excluding carboxylic acids is 1. The van der Waals surface area contributed by atoms with Crippen LogP contribution in [0.1, 0.15) is 25.3 Å². The SMILES string of the molecule is CCCCOc1ccc(/C=C2/SC(=Nc3ccc(F)cc3)N(C)C2=O)cc1OC. The van der Waals surface area contributed by atoms with Gasteiger partial charge in [-0.15, -0.1) is 0 Å². The fraction of sp³-hybridized carbons (Fsp3) is 0.273. The highest BCUT2D eigenvalue weighted by Crippen LogP contribution is 2.35. The number of aliphatic imine (C=N–C) groups is 1. The van der Waals surface area contributed by atoms with Crippen molar-refractivity contribution in [1.29, 1.82) is 0 Å². The van der Waals surface area contributed by atoms with Gasteiger partial charge in [0.15, 0.2) is 16.7 Å². The second-order valence-corrected chi connectivity index (χ2v) is 7.47. The maximum Gasteiger partial charge on any atom is 0.266 e. The van der Waals surface area contributed by atoms with E-state index in [-0.39, 0.29) is 11.7 Å². The molecule has 29 heavy (non-hydrogen) atoms. The van der Waals surface area contributed by atoms with Crippen molar-refractivity contribution in [2.75, 3.05) is 20.8 Å². The lowest BCUT2D eigenvalue weighted by atomic mass is 10.2. The van der Waals surface area contributed by atoms with Crippen LogP contribution in [0.25, 0.3) is 6.08 Å². The zero-order valence-electron chi connectivity index (χ0n) is 16.6. The van der Waals surface area contributed by atoms with Gasteiger partial charge in [0.25, 0.3) is 5.91 Å². The molecule has 2 aromatic carbocycles. The maximum atomic E-state index is 13.1. The summed E-state index contributed by atoms with van der Waals surface area (Å²) in [5.74, 6) is 0.843. The molecule has 1 fully saturated rings. The molecule has 1 saturated heterocycles. The largest absolute Gasteiger partial charge is 0.493 e. The number of thioether (sulfide) groups is 1. The number of amidine groups is 1. The molecule has 3 rings (SSSR count). The first-order chi connectivity index (χ1) is 14.0. The molecule has 0 bridgehead atoms. The molecule has 7 heteroatoms. The molecule has 1 amide bonds. The first kappa shape index (κ1) is 20.9. The van der Waals surface area contributed by atoms with Crippen molar-refractivity contribution in [3.05, 3.63) is 58.8 Å². The number of unbranched alkanes of at least 4 members (excludes halogenated alkanes) is 1. The molecule has 0 radical (unpaired) electrons. The van der Waals surface area contributed by atoms with E-state index in [4.69, 9.17) is 9.47 Å². The van der Waals surface area contributed by atoms with E-state index >= 15 is 0 Å². The predicted molar refractivity (Wildman–Crippen MR) is 115 cm³/mol. The molecule has 0 aliphatic carbocycles. The normalized spacial score (nSPS) is 16.7. The molecule has 2 aromatic rings. The van der Waals surface area contributed by atoms with Crippen molar-refractivity contribution in [3.63, 3.8) is 0 Å². The van der Waals surface area contributed by atoms with E-state index in [2.05, 4.69) is 11.9 Å². The lowest BCUT2D eigenvalue weighted by Gasteiger charge is -2.11. The number of benzene rings is 2. The van der Waals surface area contributed by atoms with Crippen LogP contribution in [0.3, 0.4) is 0 Å². The minimum absolute atomic E-state index is 0.141. The highest BCUT2D eigenvalue weighted by atomic mass is 32.2. The van der Waals surface area contributed by atoms with Crippen LogP contribution in [0.2, 0.25) is 0 Å². The topological polar surface area (TPSA) is 51.1 Å². The van der Waals surface area contributed by atoms with Crippen LogP contribution in [-0.4, -0.2) is 36.7 Å². The highest BCUT2D eigenvalue weighted by Gasteiger charge is 2.30.